The van der Waals surface area contributed by atoms with Gasteiger partial charge in [0.15, 0.2) is 0 Å². The molecule has 0 spiro atoms. The molecule has 2 saturated heterocycles. The van der Waals surface area contributed by atoms with E-state index in [0.717, 1.165) is 13.1 Å². The van der Waals surface area contributed by atoms with Gasteiger partial charge in [-0.2, -0.15) is 17.0 Å². The van der Waals surface area contributed by atoms with Crippen LogP contribution in [0.15, 0.2) is 4.42 Å². The van der Waals surface area contributed by atoms with Gasteiger partial charge in [-0.15, -0.1) is 10.2 Å². The van der Waals surface area contributed by atoms with Crippen LogP contribution in [-0.4, -0.2) is 96.4 Å². The van der Waals surface area contributed by atoms with Crippen molar-refractivity contribution in [3.8, 4) is 0 Å². The Labute approximate surface area is 156 Å². The molecule has 2 aliphatic heterocycles. The molecule has 3 rings (SSSR count). The Hall–Kier alpha value is -1.07. The largest absolute Gasteiger partial charge is 0.423 e. The zero-order valence-electron chi connectivity index (χ0n) is 16.2. The minimum Gasteiger partial charge on any atom is -0.423 e. The van der Waals surface area contributed by atoms with E-state index in [-0.39, 0.29) is 5.41 Å². The lowest BCUT2D eigenvalue weighted by Crippen LogP contribution is -2.56. The maximum Gasteiger partial charge on any atom is 0.282 e. The van der Waals surface area contributed by atoms with Gasteiger partial charge in [0.2, 0.25) is 11.8 Å². The quantitative estimate of drug-likeness (QED) is 0.719. The number of hydrogen-bond acceptors (Lipinski definition) is 7. The van der Waals surface area contributed by atoms with Gasteiger partial charge in [-0.3, -0.25) is 4.90 Å². The lowest BCUT2D eigenvalue weighted by Gasteiger charge is -2.38. The predicted molar refractivity (Wildman–Crippen MR) is 97.8 cm³/mol. The first-order valence-electron chi connectivity index (χ1n) is 9.15. The van der Waals surface area contributed by atoms with Gasteiger partial charge in [-0.1, -0.05) is 20.8 Å². The van der Waals surface area contributed by atoms with Crippen LogP contribution in [0.5, 0.6) is 0 Å². The maximum atomic E-state index is 12.8. The molecule has 3 heterocycles. The highest BCUT2D eigenvalue weighted by Gasteiger charge is 2.34. The highest BCUT2D eigenvalue weighted by atomic mass is 32.2. The van der Waals surface area contributed by atoms with E-state index in [9.17, 15) is 8.42 Å². The third-order valence-electron chi connectivity index (χ3n) is 4.91. The molecule has 26 heavy (non-hydrogen) atoms. The molecule has 9 nitrogen and oxygen atoms in total. The summed E-state index contributed by atoms with van der Waals surface area (Å²) in [4.78, 5) is 4.32. The van der Waals surface area contributed by atoms with E-state index >= 15 is 0 Å². The first-order valence-corrected chi connectivity index (χ1v) is 10.5. The molecule has 0 atom stereocenters. The van der Waals surface area contributed by atoms with Crippen molar-refractivity contribution < 1.29 is 12.8 Å². The monoisotopic (exact) mass is 386 g/mol. The summed E-state index contributed by atoms with van der Waals surface area (Å²) >= 11 is 0. The number of likely N-dealkylation sites (N-methyl/N-ethyl adjacent to an activating group) is 1. The highest BCUT2D eigenvalue weighted by Crippen LogP contribution is 2.21. The van der Waals surface area contributed by atoms with E-state index < -0.39 is 10.2 Å². The average molecular weight is 387 g/mol. The van der Waals surface area contributed by atoms with Crippen LogP contribution in [0.4, 0.5) is 0 Å². The molecule has 2 fully saturated rings. The molecule has 2 aliphatic rings. The van der Waals surface area contributed by atoms with Gasteiger partial charge < -0.3 is 9.32 Å². The molecule has 148 valence electrons. The van der Waals surface area contributed by atoms with Gasteiger partial charge in [-0.05, 0) is 7.05 Å². The van der Waals surface area contributed by atoms with Crippen molar-refractivity contribution in [3.63, 3.8) is 0 Å². The fourth-order valence-corrected chi connectivity index (χ4v) is 4.69. The third kappa shape index (κ3) is 4.42. The highest BCUT2D eigenvalue weighted by molar-refractivity contribution is 7.86. The van der Waals surface area contributed by atoms with Crippen LogP contribution in [0, 0.1) is 0 Å². The van der Waals surface area contributed by atoms with Crippen LogP contribution >= 0.6 is 0 Å². The second-order valence-corrected chi connectivity index (χ2v) is 10.1. The molecule has 1 aromatic rings. The number of hydrogen-bond donors (Lipinski definition) is 0. The van der Waals surface area contributed by atoms with E-state index in [0.29, 0.717) is 57.6 Å². The minimum absolute atomic E-state index is 0.166. The number of aromatic nitrogens is 2. The van der Waals surface area contributed by atoms with Crippen molar-refractivity contribution >= 4 is 10.2 Å². The topological polar surface area (TPSA) is 86.0 Å². The lowest BCUT2D eigenvalue weighted by atomic mass is 9.97. The maximum absolute atomic E-state index is 12.8. The van der Waals surface area contributed by atoms with Crippen molar-refractivity contribution in [2.45, 2.75) is 32.7 Å². The second-order valence-electron chi connectivity index (χ2n) is 8.14. The smallest absolute Gasteiger partial charge is 0.282 e. The summed E-state index contributed by atoms with van der Waals surface area (Å²) in [5.74, 6) is 1.22. The van der Waals surface area contributed by atoms with Crippen LogP contribution in [-0.2, 0) is 22.2 Å². The standard InChI is InChI=1S/C16H30N6O3S/c1-16(2,3)15-18-17-14(25-15)13-20-7-11-22(12-8-20)26(23,24)21-9-5-19(4)6-10-21/h5-13H2,1-4H3. The van der Waals surface area contributed by atoms with Crippen LogP contribution < -0.4 is 0 Å². The first kappa shape index (κ1) is 19.7. The fraction of sp³-hybridized carbons (Fsp3) is 0.875. The third-order valence-corrected chi connectivity index (χ3v) is 6.95. The second kappa shape index (κ2) is 7.51. The molecule has 0 radical (unpaired) electrons. The SMILES string of the molecule is CN1CCN(S(=O)(=O)N2CCN(Cc3nnc(C(C)(C)C)o3)CC2)CC1. The lowest BCUT2D eigenvalue weighted by molar-refractivity contribution is 0.154. The minimum atomic E-state index is -3.36. The van der Waals surface area contributed by atoms with Crippen LogP contribution in [0.2, 0.25) is 0 Å². The molecule has 1 aromatic heterocycles. The molecule has 0 aliphatic carbocycles. The summed E-state index contributed by atoms with van der Waals surface area (Å²) in [5.41, 5.74) is -0.166. The molecule has 0 N–H and O–H groups in total. The Morgan fingerprint density at radius 1 is 0.923 bits per heavy atom. The van der Waals surface area contributed by atoms with Gasteiger partial charge in [-0.25, -0.2) is 0 Å². The van der Waals surface area contributed by atoms with E-state index in [2.05, 4.69) is 20.0 Å². The zero-order valence-corrected chi connectivity index (χ0v) is 17.0. The van der Waals surface area contributed by atoms with Gasteiger partial charge in [0.25, 0.3) is 10.2 Å². The summed E-state index contributed by atoms with van der Waals surface area (Å²) in [5, 5.41) is 8.24. The summed E-state index contributed by atoms with van der Waals surface area (Å²) in [7, 11) is -1.34. The Balaban J connectivity index is 1.53. The Kier molecular flexibility index (Phi) is 5.69. The molecule has 0 amide bonds. The van der Waals surface area contributed by atoms with Crippen molar-refractivity contribution in [2.24, 2.45) is 0 Å². The normalized spacial score (nSPS) is 22.8. The molecule has 0 aromatic carbocycles. The molecule has 10 heteroatoms. The molecular formula is C16H30N6O3S. The molecule has 0 saturated carbocycles. The fourth-order valence-electron chi connectivity index (χ4n) is 3.11. The number of nitrogens with zero attached hydrogens (tertiary/aromatic N) is 6. The van der Waals surface area contributed by atoms with E-state index in [1.54, 1.807) is 8.61 Å². The average Bonchev–Trinajstić information content (AvgIpc) is 3.05. The van der Waals surface area contributed by atoms with Crippen molar-refractivity contribution in [3.05, 3.63) is 11.8 Å². The first-order chi connectivity index (χ1) is 12.2. The molecule has 0 unspecified atom stereocenters. The van der Waals surface area contributed by atoms with Gasteiger partial charge in [0.1, 0.15) is 0 Å². The number of rotatable bonds is 4. The summed E-state index contributed by atoms with van der Waals surface area (Å²) < 4.78 is 34.5. The van der Waals surface area contributed by atoms with Gasteiger partial charge in [0, 0.05) is 57.8 Å². The van der Waals surface area contributed by atoms with E-state index in [4.69, 9.17) is 4.42 Å². The van der Waals surface area contributed by atoms with Crippen molar-refractivity contribution in [2.75, 3.05) is 59.4 Å². The summed E-state index contributed by atoms with van der Waals surface area (Å²) in [6.45, 7) is 11.7. The van der Waals surface area contributed by atoms with Crippen molar-refractivity contribution in [1.29, 1.82) is 0 Å². The summed E-state index contributed by atoms with van der Waals surface area (Å²) in [6.07, 6.45) is 0. The van der Waals surface area contributed by atoms with Crippen LogP contribution in [0.1, 0.15) is 32.6 Å². The zero-order chi connectivity index (χ0) is 18.9. The van der Waals surface area contributed by atoms with Gasteiger partial charge >= 0.3 is 0 Å². The van der Waals surface area contributed by atoms with E-state index in [1.165, 1.54) is 0 Å². The Bertz CT molecular complexity index is 698. The molecular weight excluding hydrogens is 356 g/mol. The molecule has 0 bridgehead atoms. The van der Waals surface area contributed by atoms with Crippen molar-refractivity contribution in [1.82, 2.24) is 28.6 Å². The Morgan fingerprint density at radius 3 is 1.96 bits per heavy atom. The van der Waals surface area contributed by atoms with Gasteiger partial charge in [0.05, 0.1) is 6.54 Å². The number of piperazine rings is 2. The Morgan fingerprint density at radius 2 is 1.46 bits per heavy atom. The summed E-state index contributed by atoms with van der Waals surface area (Å²) in [6, 6.07) is 0. The predicted octanol–water partition coefficient (Wildman–Crippen LogP) is -0.0231. The van der Waals surface area contributed by atoms with Crippen LogP contribution in [0.25, 0.3) is 0 Å². The van der Waals surface area contributed by atoms with Crippen LogP contribution in [0.3, 0.4) is 0 Å². The van der Waals surface area contributed by atoms with E-state index in [1.807, 2.05) is 27.8 Å².